The summed E-state index contributed by atoms with van der Waals surface area (Å²) in [7, 11) is 0. The molecule has 0 amide bonds. The number of hydrogen-bond donors (Lipinski definition) is 0. The van der Waals surface area contributed by atoms with Gasteiger partial charge in [-0.25, -0.2) is 9.59 Å². The van der Waals surface area contributed by atoms with Crippen LogP contribution in [0.1, 0.15) is 27.0 Å². The molecule has 0 aliphatic rings. The number of carbonyl (C=O) groups is 1. The molecule has 2 aromatic heterocycles. The Morgan fingerprint density at radius 3 is 2.23 bits per heavy atom. The van der Waals surface area contributed by atoms with Crippen LogP contribution in [-0.2, 0) is 0 Å². The van der Waals surface area contributed by atoms with Crippen LogP contribution >= 0.6 is 0 Å². The number of para-hydroxylation sites is 1. The average molecular weight is 346 g/mol. The van der Waals surface area contributed by atoms with Gasteiger partial charge >= 0.3 is 11.3 Å². The molecule has 0 spiro atoms. The van der Waals surface area contributed by atoms with E-state index in [2.05, 4.69) is 0 Å². The van der Waals surface area contributed by atoms with E-state index in [-0.39, 0.29) is 11.1 Å². The Morgan fingerprint density at radius 2 is 1.46 bits per heavy atom. The van der Waals surface area contributed by atoms with E-state index in [4.69, 9.17) is 8.83 Å². The van der Waals surface area contributed by atoms with Crippen molar-refractivity contribution in [2.45, 2.75) is 13.8 Å². The van der Waals surface area contributed by atoms with Gasteiger partial charge in [-0.2, -0.15) is 0 Å². The van der Waals surface area contributed by atoms with Gasteiger partial charge in [0.2, 0.25) is 5.78 Å². The lowest BCUT2D eigenvalue weighted by molar-refractivity contribution is 0.103. The number of rotatable bonds is 2. The molecule has 2 heterocycles. The Kier molecular flexibility index (Phi) is 3.58. The van der Waals surface area contributed by atoms with Crippen LogP contribution in [0.5, 0.6) is 0 Å². The summed E-state index contributed by atoms with van der Waals surface area (Å²) < 4.78 is 10.5. The van der Waals surface area contributed by atoms with E-state index in [1.165, 1.54) is 12.1 Å². The summed E-state index contributed by atoms with van der Waals surface area (Å²) in [4.78, 5) is 37.4. The molecule has 5 heteroatoms. The maximum atomic E-state index is 12.8. The summed E-state index contributed by atoms with van der Waals surface area (Å²) in [5.41, 5.74) is 0.678. The highest BCUT2D eigenvalue weighted by Crippen LogP contribution is 2.21. The van der Waals surface area contributed by atoms with Crippen LogP contribution < -0.4 is 11.3 Å². The number of carbonyl (C=O) groups excluding carboxylic acids is 1. The topological polar surface area (TPSA) is 77.5 Å². The van der Waals surface area contributed by atoms with Crippen LogP contribution in [0, 0.1) is 13.8 Å². The summed E-state index contributed by atoms with van der Waals surface area (Å²) in [5, 5.41) is 1.26. The summed E-state index contributed by atoms with van der Waals surface area (Å²) >= 11 is 0. The number of benzene rings is 2. The maximum Gasteiger partial charge on any atom is 0.347 e. The van der Waals surface area contributed by atoms with E-state index < -0.39 is 17.0 Å². The van der Waals surface area contributed by atoms with Crippen molar-refractivity contribution in [3.8, 4) is 0 Å². The summed E-state index contributed by atoms with van der Waals surface area (Å²) in [6, 6.07) is 13.5. The zero-order chi connectivity index (χ0) is 18.4. The highest BCUT2D eigenvalue weighted by atomic mass is 16.4. The van der Waals surface area contributed by atoms with Gasteiger partial charge in [0.15, 0.2) is 0 Å². The molecule has 0 saturated carbocycles. The molecular weight excluding hydrogens is 332 g/mol. The molecule has 0 atom stereocenters. The first-order chi connectivity index (χ1) is 12.4. The van der Waals surface area contributed by atoms with Gasteiger partial charge in [0.1, 0.15) is 22.3 Å². The second-order valence-corrected chi connectivity index (χ2v) is 6.26. The van der Waals surface area contributed by atoms with Gasteiger partial charge in [0.05, 0.1) is 0 Å². The molecule has 0 radical (unpaired) electrons. The smallest absolute Gasteiger partial charge is 0.347 e. The predicted octanol–water partition coefficient (Wildman–Crippen LogP) is 3.75. The SMILES string of the molecule is Cc1cc(C)c2cc(C(=O)c3cc4ccccc4oc3=O)c(=O)oc2c1. The van der Waals surface area contributed by atoms with E-state index >= 15 is 0 Å². The van der Waals surface area contributed by atoms with E-state index in [1.54, 1.807) is 30.3 Å². The van der Waals surface area contributed by atoms with Crippen LogP contribution in [0.3, 0.4) is 0 Å². The van der Waals surface area contributed by atoms with Crippen molar-refractivity contribution >= 4 is 27.7 Å². The molecule has 0 fully saturated rings. The largest absolute Gasteiger partial charge is 0.422 e. The van der Waals surface area contributed by atoms with Crippen molar-refractivity contribution in [1.82, 2.24) is 0 Å². The fraction of sp³-hybridized carbons (Fsp3) is 0.0952. The van der Waals surface area contributed by atoms with Crippen molar-refractivity contribution in [2.75, 3.05) is 0 Å². The van der Waals surface area contributed by atoms with Crippen LogP contribution in [0.25, 0.3) is 21.9 Å². The molecule has 26 heavy (non-hydrogen) atoms. The number of hydrogen-bond acceptors (Lipinski definition) is 5. The standard InChI is InChI=1S/C21H14O5/c1-11-7-12(2)14-10-16(21(24)26-18(14)8-11)19(22)15-9-13-5-3-4-6-17(13)25-20(15)23/h3-10H,1-2H3. The Balaban J connectivity index is 1.94. The molecule has 0 saturated heterocycles. The summed E-state index contributed by atoms with van der Waals surface area (Å²) in [5.74, 6) is -0.708. The van der Waals surface area contributed by atoms with Gasteiger partial charge in [-0.05, 0) is 49.2 Å². The Morgan fingerprint density at radius 1 is 0.808 bits per heavy atom. The number of ketones is 1. The van der Waals surface area contributed by atoms with E-state index in [0.29, 0.717) is 21.9 Å². The van der Waals surface area contributed by atoms with Gasteiger partial charge in [0, 0.05) is 10.8 Å². The van der Waals surface area contributed by atoms with Gasteiger partial charge in [-0.15, -0.1) is 0 Å². The second kappa shape index (κ2) is 5.81. The second-order valence-electron chi connectivity index (χ2n) is 6.26. The number of fused-ring (bicyclic) bond motifs is 2. The lowest BCUT2D eigenvalue weighted by Crippen LogP contribution is -2.21. The zero-order valence-corrected chi connectivity index (χ0v) is 14.2. The molecule has 4 rings (SSSR count). The minimum Gasteiger partial charge on any atom is -0.422 e. The van der Waals surface area contributed by atoms with Crippen molar-refractivity contribution in [3.05, 3.63) is 91.6 Å². The van der Waals surface area contributed by atoms with Crippen LogP contribution in [-0.4, -0.2) is 5.78 Å². The van der Waals surface area contributed by atoms with Crippen LogP contribution in [0.15, 0.2) is 67.0 Å². The van der Waals surface area contributed by atoms with Crippen molar-refractivity contribution in [1.29, 1.82) is 0 Å². The summed E-state index contributed by atoms with van der Waals surface area (Å²) in [6.07, 6.45) is 0. The van der Waals surface area contributed by atoms with Crippen LogP contribution in [0.4, 0.5) is 0 Å². The molecule has 0 aliphatic heterocycles. The minimum absolute atomic E-state index is 0.188. The third-order valence-electron chi connectivity index (χ3n) is 4.34. The Bertz CT molecular complexity index is 1310. The van der Waals surface area contributed by atoms with E-state index in [9.17, 15) is 14.4 Å². The van der Waals surface area contributed by atoms with Gasteiger partial charge in [-0.3, -0.25) is 4.79 Å². The summed E-state index contributed by atoms with van der Waals surface area (Å²) in [6.45, 7) is 3.76. The number of aryl methyl sites for hydroxylation is 2. The molecular formula is C21H14O5. The van der Waals surface area contributed by atoms with E-state index in [0.717, 1.165) is 11.1 Å². The fourth-order valence-corrected chi connectivity index (χ4v) is 3.09. The molecule has 4 aromatic rings. The molecule has 0 aliphatic carbocycles. The predicted molar refractivity (Wildman–Crippen MR) is 97.9 cm³/mol. The Labute approximate surface area is 147 Å². The average Bonchev–Trinajstić information content (AvgIpc) is 2.60. The third kappa shape index (κ3) is 2.54. The lowest BCUT2D eigenvalue weighted by Gasteiger charge is -2.06. The lowest BCUT2D eigenvalue weighted by atomic mass is 10.0. The van der Waals surface area contributed by atoms with Crippen molar-refractivity contribution in [3.63, 3.8) is 0 Å². The first kappa shape index (κ1) is 16.0. The van der Waals surface area contributed by atoms with Crippen LogP contribution in [0.2, 0.25) is 0 Å². The molecule has 5 nitrogen and oxygen atoms in total. The molecule has 0 bridgehead atoms. The first-order valence-electron chi connectivity index (χ1n) is 8.07. The van der Waals surface area contributed by atoms with Gasteiger partial charge in [0.25, 0.3) is 0 Å². The first-order valence-corrected chi connectivity index (χ1v) is 8.07. The van der Waals surface area contributed by atoms with Gasteiger partial charge in [-0.1, -0.05) is 24.3 Å². The third-order valence-corrected chi connectivity index (χ3v) is 4.34. The van der Waals surface area contributed by atoms with Crippen molar-refractivity contribution in [2.24, 2.45) is 0 Å². The highest BCUT2D eigenvalue weighted by molar-refractivity contribution is 6.10. The van der Waals surface area contributed by atoms with Crippen molar-refractivity contribution < 1.29 is 13.6 Å². The monoisotopic (exact) mass is 346 g/mol. The molecule has 2 aromatic carbocycles. The fourth-order valence-electron chi connectivity index (χ4n) is 3.09. The van der Waals surface area contributed by atoms with Gasteiger partial charge < -0.3 is 8.83 Å². The van der Waals surface area contributed by atoms with E-state index in [1.807, 2.05) is 19.9 Å². The molecule has 0 N–H and O–H groups in total. The molecule has 128 valence electrons. The minimum atomic E-state index is -0.783. The highest BCUT2D eigenvalue weighted by Gasteiger charge is 2.21. The Hall–Kier alpha value is -3.47. The zero-order valence-electron chi connectivity index (χ0n) is 14.2. The maximum absolute atomic E-state index is 12.8. The quantitative estimate of drug-likeness (QED) is 0.408. The normalized spacial score (nSPS) is 11.2. The molecule has 0 unspecified atom stereocenters.